The first-order valence-corrected chi connectivity index (χ1v) is 10.6. The lowest BCUT2D eigenvalue weighted by Gasteiger charge is -2.37. The Labute approximate surface area is 174 Å². The lowest BCUT2D eigenvalue weighted by Crippen LogP contribution is -2.46. The van der Waals surface area contributed by atoms with E-state index in [-0.39, 0.29) is 17.7 Å². The zero-order valence-corrected chi connectivity index (χ0v) is 17.6. The minimum Gasteiger partial charge on any atom is -0.508 e. The van der Waals surface area contributed by atoms with Gasteiger partial charge in [-0.15, -0.1) is 11.3 Å². The highest BCUT2D eigenvalue weighted by Gasteiger charge is 2.31. The van der Waals surface area contributed by atoms with Crippen LogP contribution in [0.1, 0.15) is 28.1 Å². The monoisotopic (exact) mass is 414 g/mol. The number of nitrogens with zero attached hydrogens (tertiary/aromatic N) is 2. The number of hydrogen-bond acceptors (Lipinski definition) is 4. The van der Waals surface area contributed by atoms with Crippen LogP contribution in [0.15, 0.2) is 42.5 Å². The molecule has 1 saturated heterocycles. The average molecular weight is 415 g/mol. The molecule has 0 spiro atoms. The zero-order chi connectivity index (χ0) is 19.8. The van der Waals surface area contributed by atoms with Gasteiger partial charge in [0, 0.05) is 27.9 Å². The van der Waals surface area contributed by atoms with Crippen LogP contribution in [0.25, 0.3) is 10.1 Å². The molecule has 0 saturated carbocycles. The van der Waals surface area contributed by atoms with E-state index in [9.17, 15) is 9.90 Å². The first-order valence-electron chi connectivity index (χ1n) is 9.44. The van der Waals surface area contributed by atoms with Crippen molar-refractivity contribution in [2.75, 3.05) is 25.0 Å². The van der Waals surface area contributed by atoms with Crippen LogP contribution in [0.4, 0.5) is 5.69 Å². The molecule has 1 aliphatic rings. The molecule has 1 N–H and O–H groups in total. The summed E-state index contributed by atoms with van der Waals surface area (Å²) >= 11 is 8.08. The van der Waals surface area contributed by atoms with Gasteiger partial charge in [0.15, 0.2) is 0 Å². The molecule has 146 valence electrons. The third-order valence-electron chi connectivity index (χ3n) is 5.36. The van der Waals surface area contributed by atoms with Crippen molar-refractivity contribution in [1.29, 1.82) is 0 Å². The summed E-state index contributed by atoms with van der Waals surface area (Å²) in [5.41, 5.74) is 1.86. The van der Waals surface area contributed by atoms with Crippen molar-refractivity contribution in [1.82, 2.24) is 4.90 Å². The van der Waals surface area contributed by atoms with E-state index in [0.717, 1.165) is 41.6 Å². The van der Waals surface area contributed by atoms with Crippen LogP contribution < -0.4 is 4.90 Å². The number of hydrogen-bond donors (Lipinski definition) is 1. The Morgan fingerprint density at radius 2 is 1.96 bits per heavy atom. The maximum atomic E-state index is 13.7. The highest BCUT2D eigenvalue weighted by molar-refractivity contribution is 7.21. The fraction of sp³-hybridized carbons (Fsp3) is 0.318. The fourth-order valence-corrected chi connectivity index (χ4v) is 5.36. The van der Waals surface area contributed by atoms with E-state index >= 15 is 0 Å². The van der Waals surface area contributed by atoms with Crippen molar-refractivity contribution in [3.05, 3.63) is 57.9 Å². The number of piperidine rings is 1. The first-order chi connectivity index (χ1) is 13.4. The molecule has 1 fully saturated rings. The number of aryl methyl sites for hydroxylation is 1. The minimum atomic E-state index is -0.0935. The summed E-state index contributed by atoms with van der Waals surface area (Å²) in [5, 5.41) is 11.4. The Balaban J connectivity index is 1.78. The molecule has 6 heteroatoms. The molecule has 1 aromatic heterocycles. The van der Waals surface area contributed by atoms with Crippen LogP contribution in [-0.4, -0.2) is 42.1 Å². The number of carbonyl (C=O) groups excluding carboxylic acids is 1. The van der Waals surface area contributed by atoms with E-state index in [1.807, 2.05) is 30.0 Å². The second-order valence-corrected chi connectivity index (χ2v) is 8.90. The number of phenols is 1. The molecule has 0 unspecified atom stereocenters. The van der Waals surface area contributed by atoms with E-state index in [1.165, 1.54) is 11.3 Å². The first kappa shape index (κ1) is 19.2. The number of rotatable bonds is 3. The molecule has 4 rings (SSSR count). The molecule has 3 aromatic rings. The summed E-state index contributed by atoms with van der Waals surface area (Å²) in [4.78, 5) is 18.3. The molecule has 0 aliphatic carbocycles. The third kappa shape index (κ3) is 3.62. The second-order valence-electron chi connectivity index (χ2n) is 7.47. The molecule has 2 aromatic carbocycles. The van der Waals surface area contributed by atoms with Gasteiger partial charge >= 0.3 is 0 Å². The van der Waals surface area contributed by atoms with Crippen molar-refractivity contribution < 1.29 is 9.90 Å². The molecule has 0 atom stereocenters. The van der Waals surface area contributed by atoms with Crippen LogP contribution in [0, 0.1) is 6.92 Å². The normalized spacial score (nSPS) is 15.8. The quantitative estimate of drug-likeness (QED) is 0.631. The average Bonchev–Trinajstić information content (AvgIpc) is 2.99. The van der Waals surface area contributed by atoms with E-state index < -0.39 is 0 Å². The van der Waals surface area contributed by atoms with Gasteiger partial charge in [-0.2, -0.15) is 0 Å². The molecule has 0 bridgehead atoms. The number of likely N-dealkylation sites (tertiary alicyclic amines) is 1. The van der Waals surface area contributed by atoms with Gasteiger partial charge in [-0.05, 0) is 63.7 Å². The highest BCUT2D eigenvalue weighted by Crippen LogP contribution is 2.38. The molecule has 1 aliphatic heterocycles. The summed E-state index contributed by atoms with van der Waals surface area (Å²) < 4.78 is 1.02. The molecule has 4 nitrogen and oxygen atoms in total. The van der Waals surface area contributed by atoms with Crippen molar-refractivity contribution in [3.8, 4) is 5.75 Å². The molecule has 1 amide bonds. The number of halogens is 1. The summed E-state index contributed by atoms with van der Waals surface area (Å²) in [7, 11) is 2.10. The number of thiophene rings is 1. The lowest BCUT2D eigenvalue weighted by molar-refractivity contribution is 0.0968. The number of phenolic OH excluding ortho intramolecular Hbond substituents is 1. The van der Waals surface area contributed by atoms with Gasteiger partial charge in [-0.3, -0.25) is 4.79 Å². The van der Waals surface area contributed by atoms with E-state index in [1.54, 1.807) is 18.2 Å². The van der Waals surface area contributed by atoms with Crippen LogP contribution >= 0.6 is 22.9 Å². The Morgan fingerprint density at radius 1 is 1.21 bits per heavy atom. The van der Waals surface area contributed by atoms with Gasteiger partial charge in [0.05, 0.1) is 5.02 Å². The van der Waals surface area contributed by atoms with Crippen LogP contribution in [0.5, 0.6) is 5.75 Å². The maximum absolute atomic E-state index is 13.7. The lowest BCUT2D eigenvalue weighted by atomic mass is 10.0. The molecule has 0 radical (unpaired) electrons. The summed E-state index contributed by atoms with van der Waals surface area (Å²) in [6.07, 6.45) is 1.78. The number of anilines is 1. The van der Waals surface area contributed by atoms with Crippen LogP contribution in [0.2, 0.25) is 5.02 Å². The topological polar surface area (TPSA) is 43.8 Å². The van der Waals surface area contributed by atoms with Crippen LogP contribution in [0.3, 0.4) is 0 Å². The van der Waals surface area contributed by atoms with Gasteiger partial charge in [-0.1, -0.05) is 29.8 Å². The van der Waals surface area contributed by atoms with Gasteiger partial charge in [0.2, 0.25) is 0 Å². The molecule has 28 heavy (non-hydrogen) atoms. The Morgan fingerprint density at radius 3 is 2.68 bits per heavy atom. The Kier molecular flexibility index (Phi) is 5.32. The number of aromatic hydroxyl groups is 1. The number of benzene rings is 2. The number of amides is 1. The second kappa shape index (κ2) is 7.74. The number of fused-ring (bicyclic) bond motifs is 1. The van der Waals surface area contributed by atoms with Crippen molar-refractivity contribution in [2.24, 2.45) is 0 Å². The van der Waals surface area contributed by atoms with Crippen molar-refractivity contribution >= 4 is 44.6 Å². The zero-order valence-electron chi connectivity index (χ0n) is 16.0. The third-order valence-corrected chi connectivity index (χ3v) is 7.00. The smallest absolute Gasteiger partial charge is 0.270 e. The van der Waals surface area contributed by atoms with E-state index in [4.69, 9.17) is 11.6 Å². The minimum absolute atomic E-state index is 0.0773. The Hall–Kier alpha value is -2.08. The largest absolute Gasteiger partial charge is 0.508 e. The standard InChI is InChI=1S/C22H23ClN2O2S/c1-14-6-7-18-19(12-14)28-21(20(18)23)22(27)25(15-8-10-24(2)11-9-15)16-4-3-5-17(26)13-16/h3-7,12-13,15,26H,8-11H2,1-2H3. The van der Waals surface area contributed by atoms with Gasteiger partial charge in [0.25, 0.3) is 5.91 Å². The number of carbonyl (C=O) groups is 1. The SMILES string of the molecule is Cc1ccc2c(Cl)c(C(=O)N(c3cccc(O)c3)C3CCN(C)CC3)sc2c1. The van der Waals surface area contributed by atoms with Crippen molar-refractivity contribution in [3.63, 3.8) is 0 Å². The highest BCUT2D eigenvalue weighted by atomic mass is 35.5. The maximum Gasteiger partial charge on any atom is 0.270 e. The van der Waals surface area contributed by atoms with Crippen LogP contribution in [-0.2, 0) is 0 Å². The van der Waals surface area contributed by atoms with Gasteiger partial charge in [0.1, 0.15) is 10.6 Å². The van der Waals surface area contributed by atoms with E-state index in [2.05, 4.69) is 18.0 Å². The summed E-state index contributed by atoms with van der Waals surface area (Å²) in [5.74, 6) is 0.0605. The van der Waals surface area contributed by atoms with Crippen molar-refractivity contribution in [2.45, 2.75) is 25.8 Å². The predicted molar refractivity (Wildman–Crippen MR) is 117 cm³/mol. The van der Waals surface area contributed by atoms with E-state index in [0.29, 0.717) is 15.6 Å². The molecular formula is C22H23ClN2O2S. The molecule has 2 heterocycles. The molecular weight excluding hydrogens is 392 g/mol. The predicted octanol–water partition coefficient (Wildman–Crippen LogP) is 5.31. The Bertz CT molecular complexity index is 1020. The van der Waals surface area contributed by atoms with Gasteiger partial charge in [-0.25, -0.2) is 0 Å². The summed E-state index contributed by atoms with van der Waals surface area (Å²) in [6.45, 7) is 3.91. The van der Waals surface area contributed by atoms with Gasteiger partial charge < -0.3 is 14.9 Å². The summed E-state index contributed by atoms with van der Waals surface area (Å²) in [6, 6.07) is 13.1. The fourth-order valence-electron chi connectivity index (χ4n) is 3.81.